The summed E-state index contributed by atoms with van der Waals surface area (Å²) >= 11 is 0. The summed E-state index contributed by atoms with van der Waals surface area (Å²) in [6.45, 7) is 5.11. The van der Waals surface area contributed by atoms with E-state index >= 15 is 0 Å². The monoisotopic (exact) mass is 251 g/mol. The maximum absolute atomic E-state index is 6.17. The number of rotatable bonds is 7. The molecule has 5 nitrogen and oxygen atoms in total. The van der Waals surface area contributed by atoms with E-state index in [-0.39, 0.29) is 6.04 Å². The van der Waals surface area contributed by atoms with Crippen molar-refractivity contribution in [3.8, 4) is 0 Å². The van der Waals surface area contributed by atoms with Crippen LogP contribution < -0.4 is 16.0 Å². The van der Waals surface area contributed by atoms with Crippen molar-refractivity contribution in [2.24, 2.45) is 11.7 Å². The van der Waals surface area contributed by atoms with E-state index in [0.29, 0.717) is 11.9 Å². The predicted molar refractivity (Wildman–Crippen MR) is 76.9 cm³/mol. The first-order valence-corrected chi connectivity index (χ1v) is 6.58. The number of anilines is 2. The molecule has 0 aliphatic rings. The summed E-state index contributed by atoms with van der Waals surface area (Å²) in [5, 5.41) is 3.29. The van der Waals surface area contributed by atoms with E-state index < -0.39 is 0 Å². The Morgan fingerprint density at radius 3 is 2.56 bits per heavy atom. The van der Waals surface area contributed by atoms with E-state index in [1.165, 1.54) is 0 Å². The SMILES string of the molecule is CCC(CC)C(N)CNc1ccnc(N(C)C)n1. The zero-order chi connectivity index (χ0) is 13.5. The Hall–Kier alpha value is -1.36. The Morgan fingerprint density at radius 1 is 1.33 bits per heavy atom. The third-order valence-electron chi connectivity index (χ3n) is 3.22. The van der Waals surface area contributed by atoms with Crippen LogP contribution in [0.1, 0.15) is 26.7 Å². The fourth-order valence-electron chi connectivity index (χ4n) is 1.95. The van der Waals surface area contributed by atoms with Gasteiger partial charge in [-0.1, -0.05) is 26.7 Å². The highest BCUT2D eigenvalue weighted by Gasteiger charge is 2.13. The smallest absolute Gasteiger partial charge is 0.226 e. The molecule has 0 saturated heterocycles. The summed E-state index contributed by atoms with van der Waals surface area (Å²) in [4.78, 5) is 10.5. The quantitative estimate of drug-likeness (QED) is 0.772. The van der Waals surface area contributed by atoms with E-state index in [4.69, 9.17) is 5.73 Å². The first kappa shape index (κ1) is 14.7. The molecule has 102 valence electrons. The normalized spacial score (nSPS) is 12.6. The molecule has 1 aromatic rings. The van der Waals surface area contributed by atoms with Gasteiger partial charge in [0.25, 0.3) is 0 Å². The minimum absolute atomic E-state index is 0.165. The van der Waals surface area contributed by atoms with E-state index in [0.717, 1.165) is 25.2 Å². The molecule has 1 heterocycles. The highest BCUT2D eigenvalue weighted by Crippen LogP contribution is 2.13. The summed E-state index contributed by atoms with van der Waals surface area (Å²) in [6, 6.07) is 2.03. The molecule has 1 atom stereocenters. The second-order valence-corrected chi connectivity index (χ2v) is 4.76. The topological polar surface area (TPSA) is 67.1 Å². The zero-order valence-corrected chi connectivity index (χ0v) is 11.8. The van der Waals surface area contributed by atoms with Gasteiger partial charge in [0.2, 0.25) is 5.95 Å². The van der Waals surface area contributed by atoms with Crippen LogP contribution >= 0.6 is 0 Å². The molecular formula is C13H25N5. The average Bonchev–Trinajstić information content (AvgIpc) is 2.38. The standard InChI is InChI=1S/C13H25N5/c1-5-10(6-2)11(14)9-16-12-7-8-15-13(17-12)18(3)4/h7-8,10-11H,5-6,9,14H2,1-4H3,(H,15,16,17). The molecule has 1 rings (SSSR count). The van der Waals surface area contributed by atoms with Crippen LogP contribution in [0.5, 0.6) is 0 Å². The molecule has 0 radical (unpaired) electrons. The van der Waals surface area contributed by atoms with Crippen LogP contribution in [-0.4, -0.2) is 36.6 Å². The largest absolute Gasteiger partial charge is 0.368 e. The Bertz CT molecular complexity index is 349. The van der Waals surface area contributed by atoms with Crippen molar-refractivity contribution in [3.05, 3.63) is 12.3 Å². The lowest BCUT2D eigenvalue weighted by Gasteiger charge is -2.21. The summed E-state index contributed by atoms with van der Waals surface area (Å²) in [6.07, 6.45) is 3.99. The minimum Gasteiger partial charge on any atom is -0.368 e. The zero-order valence-electron chi connectivity index (χ0n) is 11.8. The second-order valence-electron chi connectivity index (χ2n) is 4.76. The number of hydrogen-bond acceptors (Lipinski definition) is 5. The van der Waals surface area contributed by atoms with Crippen LogP contribution in [0.25, 0.3) is 0 Å². The van der Waals surface area contributed by atoms with Gasteiger partial charge in [-0.05, 0) is 12.0 Å². The Balaban J connectivity index is 2.55. The molecule has 5 heteroatoms. The third kappa shape index (κ3) is 4.14. The molecular weight excluding hydrogens is 226 g/mol. The third-order valence-corrected chi connectivity index (χ3v) is 3.22. The molecule has 1 unspecified atom stereocenters. The molecule has 0 aromatic carbocycles. The van der Waals surface area contributed by atoms with Gasteiger partial charge in [0.05, 0.1) is 0 Å². The van der Waals surface area contributed by atoms with Crippen LogP contribution in [0.4, 0.5) is 11.8 Å². The van der Waals surface area contributed by atoms with Crippen LogP contribution in [0.3, 0.4) is 0 Å². The summed E-state index contributed by atoms with van der Waals surface area (Å²) < 4.78 is 0. The molecule has 0 fully saturated rings. The first-order valence-electron chi connectivity index (χ1n) is 6.58. The van der Waals surface area contributed by atoms with Crippen molar-refractivity contribution in [2.75, 3.05) is 30.9 Å². The van der Waals surface area contributed by atoms with Gasteiger partial charge in [0.1, 0.15) is 5.82 Å². The lowest BCUT2D eigenvalue weighted by atomic mass is 9.95. The number of aromatic nitrogens is 2. The number of nitrogens with zero attached hydrogens (tertiary/aromatic N) is 3. The Labute approximate surface area is 110 Å². The van der Waals surface area contributed by atoms with Gasteiger partial charge in [-0.3, -0.25) is 0 Å². The molecule has 0 spiro atoms. The molecule has 0 amide bonds. The maximum atomic E-state index is 6.17. The highest BCUT2D eigenvalue weighted by atomic mass is 15.2. The van der Waals surface area contributed by atoms with Crippen LogP contribution in [0, 0.1) is 5.92 Å². The fraction of sp³-hybridized carbons (Fsp3) is 0.692. The number of nitrogens with one attached hydrogen (secondary N) is 1. The summed E-state index contributed by atoms with van der Waals surface area (Å²) in [5.41, 5.74) is 6.17. The fourth-order valence-corrected chi connectivity index (χ4v) is 1.95. The molecule has 3 N–H and O–H groups in total. The lowest BCUT2D eigenvalue weighted by Crippen LogP contribution is -2.36. The molecule has 18 heavy (non-hydrogen) atoms. The minimum atomic E-state index is 0.165. The van der Waals surface area contributed by atoms with Crippen molar-refractivity contribution in [1.29, 1.82) is 0 Å². The Morgan fingerprint density at radius 2 is 2.00 bits per heavy atom. The van der Waals surface area contributed by atoms with Gasteiger partial charge in [-0.25, -0.2) is 4.98 Å². The second kappa shape index (κ2) is 7.16. The van der Waals surface area contributed by atoms with E-state index in [2.05, 4.69) is 29.1 Å². The molecule has 0 bridgehead atoms. The van der Waals surface area contributed by atoms with Gasteiger partial charge in [0.15, 0.2) is 0 Å². The Kier molecular flexibility index (Phi) is 5.85. The van der Waals surface area contributed by atoms with E-state index in [9.17, 15) is 0 Å². The van der Waals surface area contributed by atoms with Crippen LogP contribution in [0.2, 0.25) is 0 Å². The summed E-state index contributed by atoms with van der Waals surface area (Å²) in [7, 11) is 3.85. The van der Waals surface area contributed by atoms with Gasteiger partial charge in [0, 0.05) is 32.9 Å². The van der Waals surface area contributed by atoms with E-state index in [1.807, 2.05) is 25.1 Å². The van der Waals surface area contributed by atoms with Crippen molar-refractivity contribution in [1.82, 2.24) is 9.97 Å². The maximum Gasteiger partial charge on any atom is 0.226 e. The van der Waals surface area contributed by atoms with Crippen LogP contribution in [-0.2, 0) is 0 Å². The van der Waals surface area contributed by atoms with Gasteiger partial charge >= 0.3 is 0 Å². The molecule has 1 aromatic heterocycles. The first-order chi connectivity index (χ1) is 8.58. The molecule has 0 saturated carbocycles. The van der Waals surface area contributed by atoms with E-state index in [1.54, 1.807) is 6.20 Å². The average molecular weight is 251 g/mol. The molecule has 0 aliphatic carbocycles. The number of nitrogens with two attached hydrogens (primary N) is 1. The van der Waals surface area contributed by atoms with Crippen molar-refractivity contribution in [3.63, 3.8) is 0 Å². The summed E-state index contributed by atoms with van der Waals surface area (Å²) in [5.74, 6) is 2.10. The van der Waals surface area contributed by atoms with Crippen molar-refractivity contribution in [2.45, 2.75) is 32.7 Å². The van der Waals surface area contributed by atoms with Crippen LogP contribution in [0.15, 0.2) is 12.3 Å². The van der Waals surface area contributed by atoms with Gasteiger partial charge in [-0.2, -0.15) is 4.98 Å². The van der Waals surface area contributed by atoms with Gasteiger partial charge in [-0.15, -0.1) is 0 Å². The predicted octanol–water partition coefficient (Wildman–Crippen LogP) is 1.72. The number of hydrogen-bond donors (Lipinski definition) is 2. The van der Waals surface area contributed by atoms with Crippen molar-refractivity contribution < 1.29 is 0 Å². The van der Waals surface area contributed by atoms with Gasteiger partial charge < -0.3 is 16.0 Å². The lowest BCUT2D eigenvalue weighted by molar-refractivity contribution is 0.407. The highest BCUT2D eigenvalue weighted by molar-refractivity contribution is 5.40. The van der Waals surface area contributed by atoms with Crippen molar-refractivity contribution >= 4 is 11.8 Å². The molecule has 0 aliphatic heterocycles.